The van der Waals surface area contributed by atoms with Gasteiger partial charge in [-0.25, -0.2) is 0 Å². The van der Waals surface area contributed by atoms with Gasteiger partial charge in [0.1, 0.15) is 0 Å². The standard InChI is InChI=1S/C82H161NO5/c1-3-5-7-9-11-13-15-17-19-46-50-54-58-62-66-70-74-80(85)79(78-84)83-81(86)75-71-67-63-59-55-51-47-44-42-40-38-36-34-32-30-28-26-24-22-21-23-25-27-29-31-33-35-37-39-41-43-45-49-53-57-61-65-69-73-77-88-82(87)76-72-68-64-60-56-52-48-20-18-16-14-12-10-8-6-4-2/h21-22,79-80,84-85H,3-20,23-78H2,1-2H3,(H,83,86)/b22-21-. The highest BCUT2D eigenvalue weighted by molar-refractivity contribution is 5.76. The number of carbonyl (C=O) groups is 2. The summed E-state index contributed by atoms with van der Waals surface area (Å²) in [5.41, 5.74) is 0. The molecular weight excluding hydrogens is 1080 g/mol. The van der Waals surface area contributed by atoms with Crippen molar-refractivity contribution in [3.8, 4) is 0 Å². The molecule has 88 heavy (non-hydrogen) atoms. The molecule has 0 bridgehead atoms. The van der Waals surface area contributed by atoms with Crippen molar-refractivity contribution in [3.63, 3.8) is 0 Å². The quantitative estimate of drug-likeness (QED) is 0.0320. The van der Waals surface area contributed by atoms with E-state index < -0.39 is 12.1 Å². The smallest absolute Gasteiger partial charge is 0.305 e. The van der Waals surface area contributed by atoms with Gasteiger partial charge in [-0.1, -0.05) is 424 Å². The Labute approximate surface area is 552 Å². The van der Waals surface area contributed by atoms with Gasteiger partial charge in [-0.15, -0.1) is 0 Å². The van der Waals surface area contributed by atoms with Gasteiger partial charge in [0.15, 0.2) is 0 Å². The van der Waals surface area contributed by atoms with E-state index in [0.717, 1.165) is 38.5 Å². The lowest BCUT2D eigenvalue weighted by Crippen LogP contribution is -2.45. The summed E-state index contributed by atoms with van der Waals surface area (Å²) in [6, 6.07) is -0.537. The van der Waals surface area contributed by atoms with Crippen molar-refractivity contribution < 1.29 is 24.5 Å². The number of nitrogens with one attached hydrogen (secondary N) is 1. The molecule has 6 nitrogen and oxygen atoms in total. The molecule has 0 rings (SSSR count). The second kappa shape index (κ2) is 78.0. The van der Waals surface area contributed by atoms with Gasteiger partial charge in [-0.05, 0) is 51.4 Å². The van der Waals surface area contributed by atoms with Crippen LogP contribution in [0, 0.1) is 0 Å². The predicted molar refractivity (Wildman–Crippen MR) is 389 cm³/mol. The Hall–Kier alpha value is -1.40. The number of amides is 1. The summed E-state index contributed by atoms with van der Waals surface area (Å²) in [6.45, 7) is 5.01. The molecule has 0 saturated carbocycles. The van der Waals surface area contributed by atoms with Crippen molar-refractivity contribution in [1.82, 2.24) is 5.32 Å². The number of unbranched alkanes of at least 4 members (excludes halogenated alkanes) is 65. The highest BCUT2D eigenvalue weighted by Crippen LogP contribution is 2.21. The molecule has 0 saturated heterocycles. The molecule has 2 atom stereocenters. The van der Waals surface area contributed by atoms with Gasteiger partial charge in [0.05, 0.1) is 25.4 Å². The van der Waals surface area contributed by atoms with Crippen molar-refractivity contribution >= 4 is 11.9 Å². The fraction of sp³-hybridized carbons (Fsp3) is 0.951. The Bertz CT molecular complexity index is 1340. The maximum Gasteiger partial charge on any atom is 0.305 e. The summed E-state index contributed by atoms with van der Waals surface area (Å²) in [5.74, 6) is 0.000952. The number of ether oxygens (including phenoxy) is 1. The van der Waals surface area contributed by atoms with Gasteiger partial charge >= 0.3 is 5.97 Å². The lowest BCUT2D eigenvalue weighted by Gasteiger charge is -2.22. The van der Waals surface area contributed by atoms with E-state index in [4.69, 9.17) is 4.74 Å². The number of allylic oxidation sites excluding steroid dienone is 2. The zero-order chi connectivity index (χ0) is 63.5. The van der Waals surface area contributed by atoms with Gasteiger partial charge < -0.3 is 20.3 Å². The van der Waals surface area contributed by atoms with Crippen LogP contribution in [-0.2, 0) is 14.3 Å². The lowest BCUT2D eigenvalue weighted by atomic mass is 10.0. The van der Waals surface area contributed by atoms with E-state index in [1.165, 1.54) is 405 Å². The largest absolute Gasteiger partial charge is 0.466 e. The van der Waals surface area contributed by atoms with Crippen LogP contribution in [0.3, 0.4) is 0 Å². The molecular formula is C82H161NO5. The zero-order valence-corrected chi connectivity index (χ0v) is 60.3. The van der Waals surface area contributed by atoms with Gasteiger partial charge in [-0.2, -0.15) is 0 Å². The topological polar surface area (TPSA) is 95.9 Å². The maximum absolute atomic E-state index is 12.5. The first-order chi connectivity index (χ1) is 43.5. The maximum atomic E-state index is 12.5. The zero-order valence-electron chi connectivity index (χ0n) is 60.3. The third-order valence-electron chi connectivity index (χ3n) is 19.6. The monoisotopic (exact) mass is 1240 g/mol. The fourth-order valence-electron chi connectivity index (χ4n) is 13.3. The predicted octanol–water partition coefficient (Wildman–Crippen LogP) is 27.1. The van der Waals surface area contributed by atoms with Crippen LogP contribution < -0.4 is 5.32 Å². The summed E-state index contributed by atoms with van der Waals surface area (Å²) >= 11 is 0. The van der Waals surface area contributed by atoms with Gasteiger partial charge in [-0.3, -0.25) is 9.59 Å². The van der Waals surface area contributed by atoms with Crippen LogP contribution >= 0.6 is 0 Å². The van der Waals surface area contributed by atoms with Gasteiger partial charge in [0.25, 0.3) is 0 Å². The molecule has 0 heterocycles. The Morgan fingerprint density at radius 1 is 0.307 bits per heavy atom. The Morgan fingerprint density at radius 3 is 0.807 bits per heavy atom. The first-order valence-electron chi connectivity index (χ1n) is 40.9. The molecule has 0 aromatic heterocycles. The molecule has 0 radical (unpaired) electrons. The number of hydrogen-bond donors (Lipinski definition) is 3. The van der Waals surface area contributed by atoms with Gasteiger partial charge in [0, 0.05) is 12.8 Å². The van der Waals surface area contributed by atoms with E-state index >= 15 is 0 Å². The summed E-state index contributed by atoms with van der Waals surface area (Å²) < 4.78 is 5.51. The van der Waals surface area contributed by atoms with Crippen LogP contribution in [0.4, 0.5) is 0 Å². The molecule has 0 aromatic rings. The Kier molecular flexibility index (Phi) is 76.8. The van der Waals surface area contributed by atoms with E-state index in [9.17, 15) is 19.8 Å². The summed E-state index contributed by atoms with van der Waals surface area (Å²) in [6.07, 6.45) is 99.0. The first-order valence-corrected chi connectivity index (χ1v) is 40.9. The second-order valence-electron chi connectivity index (χ2n) is 28.5. The molecule has 0 aromatic carbocycles. The molecule has 3 N–H and O–H groups in total. The highest BCUT2D eigenvalue weighted by atomic mass is 16.5. The number of hydrogen-bond acceptors (Lipinski definition) is 5. The highest BCUT2D eigenvalue weighted by Gasteiger charge is 2.20. The first kappa shape index (κ1) is 86.6. The van der Waals surface area contributed by atoms with Crippen molar-refractivity contribution in [3.05, 3.63) is 12.2 Å². The minimum Gasteiger partial charge on any atom is -0.466 e. The van der Waals surface area contributed by atoms with Crippen LogP contribution in [-0.4, -0.2) is 47.4 Å². The van der Waals surface area contributed by atoms with Crippen LogP contribution in [0.2, 0.25) is 0 Å². The minimum atomic E-state index is -0.661. The molecule has 0 spiro atoms. The second-order valence-corrected chi connectivity index (χ2v) is 28.5. The average Bonchev–Trinajstić information content (AvgIpc) is 3.58. The fourth-order valence-corrected chi connectivity index (χ4v) is 13.3. The molecule has 0 aliphatic rings. The minimum absolute atomic E-state index is 0.0262. The number of aliphatic hydroxyl groups is 2. The third kappa shape index (κ3) is 73.6. The van der Waals surface area contributed by atoms with E-state index in [2.05, 4.69) is 31.3 Å². The van der Waals surface area contributed by atoms with Crippen LogP contribution in [0.15, 0.2) is 12.2 Å². The van der Waals surface area contributed by atoms with Crippen LogP contribution in [0.25, 0.3) is 0 Å². The number of aliphatic hydroxyl groups excluding tert-OH is 2. The Balaban J connectivity index is 3.30. The summed E-state index contributed by atoms with van der Waals surface area (Å²) in [4.78, 5) is 24.6. The number of rotatable bonds is 78. The van der Waals surface area contributed by atoms with E-state index in [-0.39, 0.29) is 18.5 Å². The Morgan fingerprint density at radius 2 is 0.534 bits per heavy atom. The van der Waals surface area contributed by atoms with Crippen LogP contribution in [0.5, 0.6) is 0 Å². The van der Waals surface area contributed by atoms with E-state index in [0.29, 0.717) is 25.9 Å². The molecule has 0 aliphatic carbocycles. The molecule has 1 amide bonds. The van der Waals surface area contributed by atoms with E-state index in [1.54, 1.807) is 0 Å². The van der Waals surface area contributed by atoms with Crippen molar-refractivity contribution in [1.29, 1.82) is 0 Å². The molecule has 2 unspecified atom stereocenters. The molecule has 524 valence electrons. The normalized spacial score (nSPS) is 12.5. The van der Waals surface area contributed by atoms with Crippen molar-refractivity contribution in [2.45, 2.75) is 488 Å². The van der Waals surface area contributed by atoms with Crippen molar-refractivity contribution in [2.75, 3.05) is 13.2 Å². The van der Waals surface area contributed by atoms with Gasteiger partial charge in [0.2, 0.25) is 5.91 Å². The number of esters is 1. The lowest BCUT2D eigenvalue weighted by molar-refractivity contribution is -0.143. The summed E-state index contributed by atoms with van der Waals surface area (Å²) in [5, 5.41) is 23.4. The van der Waals surface area contributed by atoms with Crippen LogP contribution in [0.1, 0.15) is 476 Å². The molecule has 6 heteroatoms. The SMILES string of the molecule is CCCCCCCCCCCCCCCCCCC(=O)OCCCCCCCCCCCCCCCCCCCC/C=C\CCCCCCCCCCCCCCCCCCCC(=O)NC(CO)C(O)CCCCCCCCCCCCCCCCCC. The number of carbonyl (C=O) groups excluding carboxylic acids is 2. The third-order valence-corrected chi connectivity index (χ3v) is 19.6. The summed E-state index contributed by atoms with van der Waals surface area (Å²) in [7, 11) is 0. The average molecular weight is 1240 g/mol. The van der Waals surface area contributed by atoms with E-state index in [1.807, 2.05) is 0 Å². The van der Waals surface area contributed by atoms with Crippen molar-refractivity contribution in [2.24, 2.45) is 0 Å². The molecule has 0 fully saturated rings. The molecule has 0 aliphatic heterocycles.